The summed E-state index contributed by atoms with van der Waals surface area (Å²) < 4.78 is 1.44. The Morgan fingerprint density at radius 3 is 2.71 bits per heavy atom. The van der Waals surface area contributed by atoms with E-state index in [-0.39, 0.29) is 0 Å². The number of piperidine rings is 1. The molecule has 1 aromatic heterocycles. The number of nitrogens with zero attached hydrogens (tertiary/aromatic N) is 2. The summed E-state index contributed by atoms with van der Waals surface area (Å²) in [4.78, 5) is 5.54. The zero-order valence-corrected chi connectivity index (χ0v) is 15.6. The van der Waals surface area contributed by atoms with E-state index in [4.69, 9.17) is 0 Å². The van der Waals surface area contributed by atoms with E-state index < -0.39 is 0 Å². The Kier molecular flexibility index (Phi) is 5.51. The highest BCUT2D eigenvalue weighted by molar-refractivity contribution is 7.17. The average Bonchev–Trinajstić information content (AvgIpc) is 2.90. The molecule has 0 N–H and O–H groups in total. The number of fused-ring (bicyclic) bond motifs is 1. The predicted octanol–water partition coefficient (Wildman–Crippen LogP) is 4.78. The van der Waals surface area contributed by atoms with Crippen molar-refractivity contribution in [3.8, 4) is 0 Å². The quantitative estimate of drug-likeness (QED) is 0.788. The minimum atomic E-state index is 0.812. The van der Waals surface area contributed by atoms with Gasteiger partial charge >= 0.3 is 0 Å². The summed E-state index contributed by atoms with van der Waals surface area (Å²) in [5.41, 5.74) is 1.55. The second-order valence-electron chi connectivity index (χ2n) is 7.55. The van der Waals surface area contributed by atoms with Crippen LogP contribution < -0.4 is 0 Å². The Morgan fingerprint density at radius 1 is 0.958 bits per heavy atom. The fourth-order valence-corrected chi connectivity index (χ4v) is 5.48. The third-order valence-electron chi connectivity index (χ3n) is 5.90. The summed E-state index contributed by atoms with van der Waals surface area (Å²) in [6.45, 7) is 6.50. The first-order valence-electron chi connectivity index (χ1n) is 9.82. The van der Waals surface area contributed by atoms with E-state index >= 15 is 0 Å². The lowest BCUT2D eigenvalue weighted by Crippen LogP contribution is -2.45. The fraction of sp³-hybridized carbons (Fsp3) is 0.619. The zero-order valence-electron chi connectivity index (χ0n) is 14.8. The Morgan fingerprint density at radius 2 is 1.79 bits per heavy atom. The molecule has 2 nitrogen and oxygen atoms in total. The normalized spacial score (nSPS) is 24.2. The first-order chi connectivity index (χ1) is 11.9. The van der Waals surface area contributed by atoms with Gasteiger partial charge in [-0.3, -0.25) is 4.90 Å². The molecule has 24 heavy (non-hydrogen) atoms. The van der Waals surface area contributed by atoms with Crippen molar-refractivity contribution in [3.05, 3.63) is 35.2 Å². The van der Waals surface area contributed by atoms with Gasteiger partial charge in [0.2, 0.25) is 0 Å². The first-order valence-corrected chi connectivity index (χ1v) is 10.7. The maximum Gasteiger partial charge on any atom is 0.0345 e. The first kappa shape index (κ1) is 16.6. The minimum absolute atomic E-state index is 0.812. The lowest BCUT2D eigenvalue weighted by atomic mass is 10.0. The molecule has 2 fully saturated rings. The highest BCUT2D eigenvalue weighted by Crippen LogP contribution is 2.26. The molecule has 1 aromatic carbocycles. The van der Waals surface area contributed by atoms with Crippen molar-refractivity contribution in [2.75, 3.05) is 32.7 Å². The molecule has 2 saturated heterocycles. The van der Waals surface area contributed by atoms with Crippen LogP contribution in [0.3, 0.4) is 0 Å². The van der Waals surface area contributed by atoms with Crippen molar-refractivity contribution >= 4 is 21.4 Å². The molecule has 3 heterocycles. The monoisotopic (exact) mass is 342 g/mol. The van der Waals surface area contributed by atoms with Crippen LogP contribution in [-0.2, 0) is 6.42 Å². The van der Waals surface area contributed by atoms with Crippen LogP contribution in [0.4, 0.5) is 0 Å². The predicted molar refractivity (Wildman–Crippen MR) is 105 cm³/mol. The highest BCUT2D eigenvalue weighted by Gasteiger charge is 2.24. The van der Waals surface area contributed by atoms with E-state index in [1.165, 1.54) is 87.8 Å². The van der Waals surface area contributed by atoms with Crippen LogP contribution in [-0.4, -0.2) is 48.6 Å². The van der Waals surface area contributed by atoms with Gasteiger partial charge in [0.25, 0.3) is 0 Å². The van der Waals surface area contributed by atoms with E-state index in [1.54, 1.807) is 5.56 Å². The molecule has 4 rings (SSSR count). The van der Waals surface area contributed by atoms with Crippen LogP contribution in [0.25, 0.3) is 10.1 Å². The van der Waals surface area contributed by atoms with Gasteiger partial charge in [0.1, 0.15) is 0 Å². The molecule has 1 atom stereocenters. The smallest absolute Gasteiger partial charge is 0.0345 e. The molecular formula is C21H30N2S. The van der Waals surface area contributed by atoms with Crippen LogP contribution in [0.1, 0.15) is 44.1 Å². The van der Waals surface area contributed by atoms with E-state index in [1.807, 2.05) is 11.3 Å². The van der Waals surface area contributed by atoms with Crippen LogP contribution in [0.5, 0.6) is 0 Å². The second-order valence-corrected chi connectivity index (χ2v) is 8.47. The third-order valence-corrected chi connectivity index (χ3v) is 6.91. The largest absolute Gasteiger partial charge is 0.301 e. The van der Waals surface area contributed by atoms with Crippen LogP contribution in [0, 0.1) is 0 Å². The van der Waals surface area contributed by atoms with Crippen molar-refractivity contribution < 1.29 is 0 Å². The van der Waals surface area contributed by atoms with Gasteiger partial charge in [-0.2, -0.15) is 0 Å². The molecule has 0 amide bonds. The molecule has 2 aliphatic rings. The standard InChI is InChI=1S/C21H30N2S/c1-5-13-23(14-6-1)19-8-4-7-12-22(16-19)15-11-18-17-24-21-10-3-2-9-20(18)21/h2-3,9-10,17,19H,1,4-8,11-16H2. The van der Waals surface area contributed by atoms with Crippen molar-refractivity contribution in [3.63, 3.8) is 0 Å². The van der Waals surface area contributed by atoms with Gasteiger partial charge in [-0.15, -0.1) is 11.3 Å². The van der Waals surface area contributed by atoms with Crippen LogP contribution in [0.15, 0.2) is 29.6 Å². The van der Waals surface area contributed by atoms with E-state index in [2.05, 4.69) is 39.4 Å². The van der Waals surface area contributed by atoms with Crippen LogP contribution >= 0.6 is 11.3 Å². The summed E-state index contributed by atoms with van der Waals surface area (Å²) >= 11 is 1.90. The number of hydrogen-bond donors (Lipinski definition) is 0. The number of rotatable bonds is 4. The molecule has 0 spiro atoms. The van der Waals surface area contributed by atoms with Crippen molar-refractivity contribution in [2.24, 2.45) is 0 Å². The molecule has 2 aliphatic heterocycles. The van der Waals surface area contributed by atoms with Gasteiger partial charge in [0, 0.05) is 23.8 Å². The maximum absolute atomic E-state index is 2.79. The molecule has 0 aliphatic carbocycles. The van der Waals surface area contributed by atoms with Gasteiger partial charge in [0.15, 0.2) is 0 Å². The molecule has 1 unspecified atom stereocenters. The van der Waals surface area contributed by atoms with Crippen molar-refractivity contribution in [2.45, 2.75) is 51.0 Å². The Hall–Kier alpha value is -0.900. The molecule has 130 valence electrons. The summed E-state index contributed by atoms with van der Waals surface area (Å²) in [6, 6.07) is 9.69. The van der Waals surface area contributed by atoms with Gasteiger partial charge in [-0.25, -0.2) is 0 Å². The summed E-state index contributed by atoms with van der Waals surface area (Å²) in [5.74, 6) is 0. The van der Waals surface area contributed by atoms with E-state index in [0.717, 1.165) is 6.04 Å². The number of thiophene rings is 1. The number of benzene rings is 1. The molecular weight excluding hydrogens is 312 g/mol. The topological polar surface area (TPSA) is 6.48 Å². The molecule has 0 saturated carbocycles. The van der Waals surface area contributed by atoms with E-state index in [0.29, 0.717) is 0 Å². The lowest BCUT2D eigenvalue weighted by molar-refractivity contribution is 0.124. The average molecular weight is 343 g/mol. The molecule has 0 bridgehead atoms. The van der Waals surface area contributed by atoms with Gasteiger partial charge in [-0.1, -0.05) is 31.0 Å². The van der Waals surface area contributed by atoms with E-state index in [9.17, 15) is 0 Å². The highest BCUT2D eigenvalue weighted by atomic mass is 32.1. The summed E-state index contributed by atoms with van der Waals surface area (Å²) in [7, 11) is 0. The van der Waals surface area contributed by atoms with Crippen molar-refractivity contribution in [1.29, 1.82) is 0 Å². The van der Waals surface area contributed by atoms with Crippen LogP contribution in [0.2, 0.25) is 0 Å². The third kappa shape index (κ3) is 3.84. The van der Waals surface area contributed by atoms with Gasteiger partial charge < -0.3 is 4.90 Å². The maximum atomic E-state index is 2.79. The summed E-state index contributed by atoms with van der Waals surface area (Å²) in [6.07, 6.45) is 9.69. The molecule has 3 heteroatoms. The fourth-order valence-electron chi connectivity index (χ4n) is 4.49. The minimum Gasteiger partial charge on any atom is -0.301 e. The Labute approximate surface area is 150 Å². The summed E-state index contributed by atoms with van der Waals surface area (Å²) in [5, 5.41) is 3.86. The lowest BCUT2D eigenvalue weighted by Gasteiger charge is -2.36. The number of hydrogen-bond acceptors (Lipinski definition) is 3. The zero-order chi connectivity index (χ0) is 16.2. The SMILES string of the molecule is c1ccc2c(CCN3CCCCC(N4CCCCC4)C3)csc2c1. The second kappa shape index (κ2) is 7.99. The van der Waals surface area contributed by atoms with Gasteiger partial charge in [-0.05, 0) is 74.1 Å². The van der Waals surface area contributed by atoms with Gasteiger partial charge in [0.05, 0.1) is 0 Å². The Balaban J connectivity index is 1.38. The molecule has 0 radical (unpaired) electrons. The number of likely N-dealkylation sites (tertiary alicyclic amines) is 2. The Bertz CT molecular complexity index is 644. The van der Waals surface area contributed by atoms with Crippen molar-refractivity contribution in [1.82, 2.24) is 9.80 Å². The molecule has 2 aromatic rings.